The SMILES string of the molecule is Cc1cccc(CN(C[C@H]2CCCO2)C(=O)CCN2CCCCC2=O)c1. The maximum absolute atomic E-state index is 12.9. The summed E-state index contributed by atoms with van der Waals surface area (Å²) in [6.07, 6.45) is 5.26. The molecule has 2 amide bonds. The molecule has 3 rings (SSSR count). The summed E-state index contributed by atoms with van der Waals surface area (Å²) in [5, 5.41) is 0. The zero-order chi connectivity index (χ0) is 18.4. The van der Waals surface area contributed by atoms with Crippen LogP contribution in [-0.2, 0) is 20.9 Å². The molecule has 0 bridgehead atoms. The summed E-state index contributed by atoms with van der Waals surface area (Å²) in [6.45, 7) is 5.43. The molecule has 5 heteroatoms. The lowest BCUT2D eigenvalue weighted by Gasteiger charge is -2.29. The molecule has 0 N–H and O–H groups in total. The maximum atomic E-state index is 12.9. The molecule has 0 spiro atoms. The molecule has 5 nitrogen and oxygen atoms in total. The van der Waals surface area contributed by atoms with E-state index in [2.05, 4.69) is 25.1 Å². The number of amides is 2. The van der Waals surface area contributed by atoms with Crippen LogP contribution in [0.3, 0.4) is 0 Å². The highest BCUT2D eigenvalue weighted by molar-refractivity contribution is 5.79. The fraction of sp³-hybridized carbons (Fsp3) is 0.619. The summed E-state index contributed by atoms with van der Waals surface area (Å²) >= 11 is 0. The lowest BCUT2D eigenvalue weighted by molar-refractivity contribution is -0.136. The van der Waals surface area contributed by atoms with E-state index in [-0.39, 0.29) is 17.9 Å². The van der Waals surface area contributed by atoms with Crippen molar-refractivity contribution in [2.24, 2.45) is 0 Å². The first kappa shape index (κ1) is 18.9. The normalized spacial score (nSPS) is 20.4. The van der Waals surface area contributed by atoms with E-state index in [0.717, 1.165) is 44.4 Å². The van der Waals surface area contributed by atoms with Gasteiger partial charge >= 0.3 is 0 Å². The Morgan fingerprint density at radius 3 is 2.92 bits per heavy atom. The fourth-order valence-corrected chi connectivity index (χ4v) is 3.81. The van der Waals surface area contributed by atoms with Crippen molar-refractivity contribution in [2.45, 2.75) is 58.1 Å². The molecular formula is C21H30N2O3. The van der Waals surface area contributed by atoms with E-state index in [1.54, 1.807) is 0 Å². The van der Waals surface area contributed by atoms with Gasteiger partial charge in [-0.3, -0.25) is 9.59 Å². The summed E-state index contributed by atoms with van der Waals surface area (Å²) in [5.41, 5.74) is 2.34. The standard InChI is InChI=1S/C21H30N2O3/c1-17-6-4-7-18(14-17)15-23(16-19-8-5-13-26-19)21(25)10-12-22-11-3-2-9-20(22)24/h4,6-7,14,19H,2-3,5,8-13,15-16H2,1H3/t19-/m1/s1. The molecule has 2 aliphatic rings. The van der Waals surface area contributed by atoms with Crippen LogP contribution < -0.4 is 0 Å². The fourth-order valence-electron chi connectivity index (χ4n) is 3.81. The number of aryl methyl sites for hydroxylation is 1. The second kappa shape index (κ2) is 9.17. The Morgan fingerprint density at radius 2 is 2.19 bits per heavy atom. The topological polar surface area (TPSA) is 49.9 Å². The van der Waals surface area contributed by atoms with Gasteiger partial charge in [-0.1, -0.05) is 29.8 Å². The van der Waals surface area contributed by atoms with Crippen LogP contribution in [0.15, 0.2) is 24.3 Å². The zero-order valence-corrected chi connectivity index (χ0v) is 15.8. The first-order valence-corrected chi connectivity index (χ1v) is 9.84. The minimum absolute atomic E-state index is 0.111. The van der Waals surface area contributed by atoms with E-state index >= 15 is 0 Å². The molecule has 2 aliphatic heterocycles. The van der Waals surface area contributed by atoms with Crippen molar-refractivity contribution in [1.82, 2.24) is 9.80 Å². The first-order chi connectivity index (χ1) is 12.6. The molecule has 2 fully saturated rings. The minimum Gasteiger partial charge on any atom is -0.376 e. The number of piperidine rings is 1. The molecule has 1 aromatic rings. The molecule has 0 aliphatic carbocycles. The third-order valence-electron chi connectivity index (χ3n) is 5.27. The van der Waals surface area contributed by atoms with E-state index in [0.29, 0.717) is 32.5 Å². The van der Waals surface area contributed by atoms with Gasteiger partial charge in [0.25, 0.3) is 0 Å². The van der Waals surface area contributed by atoms with Crippen LogP contribution in [0, 0.1) is 6.92 Å². The second-order valence-corrected chi connectivity index (χ2v) is 7.49. The van der Waals surface area contributed by atoms with E-state index in [4.69, 9.17) is 4.74 Å². The van der Waals surface area contributed by atoms with Crippen molar-refractivity contribution in [3.05, 3.63) is 35.4 Å². The number of ether oxygens (including phenoxy) is 1. The second-order valence-electron chi connectivity index (χ2n) is 7.49. The zero-order valence-electron chi connectivity index (χ0n) is 15.8. The molecule has 2 heterocycles. The van der Waals surface area contributed by atoms with Gasteiger partial charge in [-0.2, -0.15) is 0 Å². The Morgan fingerprint density at radius 1 is 1.31 bits per heavy atom. The van der Waals surface area contributed by atoms with Crippen molar-refractivity contribution >= 4 is 11.8 Å². The number of hydrogen-bond donors (Lipinski definition) is 0. The van der Waals surface area contributed by atoms with Crippen LogP contribution in [0.5, 0.6) is 0 Å². The van der Waals surface area contributed by atoms with Gasteiger partial charge < -0.3 is 14.5 Å². The number of benzene rings is 1. The lowest BCUT2D eigenvalue weighted by atomic mass is 10.1. The van der Waals surface area contributed by atoms with Crippen LogP contribution in [0.2, 0.25) is 0 Å². The molecule has 0 saturated carbocycles. The van der Waals surface area contributed by atoms with E-state index in [9.17, 15) is 9.59 Å². The highest BCUT2D eigenvalue weighted by Gasteiger charge is 2.24. The predicted octanol–water partition coefficient (Wildman–Crippen LogP) is 2.91. The van der Waals surface area contributed by atoms with Crippen molar-refractivity contribution < 1.29 is 14.3 Å². The highest BCUT2D eigenvalue weighted by Crippen LogP contribution is 2.17. The van der Waals surface area contributed by atoms with Crippen LogP contribution in [0.25, 0.3) is 0 Å². The molecular weight excluding hydrogens is 328 g/mol. The van der Waals surface area contributed by atoms with Crippen LogP contribution in [-0.4, -0.2) is 54.0 Å². The number of hydrogen-bond acceptors (Lipinski definition) is 3. The van der Waals surface area contributed by atoms with Crippen LogP contribution in [0.1, 0.15) is 49.7 Å². The Balaban J connectivity index is 1.61. The number of rotatable bonds is 7. The molecule has 1 atom stereocenters. The Labute approximate surface area is 156 Å². The average Bonchev–Trinajstić information content (AvgIpc) is 3.13. The summed E-state index contributed by atoms with van der Waals surface area (Å²) in [5.74, 6) is 0.300. The van der Waals surface area contributed by atoms with Gasteiger partial charge in [0.2, 0.25) is 11.8 Å². The number of nitrogens with zero attached hydrogens (tertiary/aromatic N) is 2. The van der Waals surface area contributed by atoms with Gasteiger partial charge in [0.1, 0.15) is 0 Å². The maximum Gasteiger partial charge on any atom is 0.224 e. The summed E-state index contributed by atoms with van der Waals surface area (Å²) in [7, 11) is 0. The summed E-state index contributed by atoms with van der Waals surface area (Å²) in [4.78, 5) is 28.6. The lowest BCUT2D eigenvalue weighted by Crippen LogP contribution is -2.41. The highest BCUT2D eigenvalue weighted by atomic mass is 16.5. The molecule has 0 unspecified atom stereocenters. The molecule has 142 valence electrons. The average molecular weight is 358 g/mol. The van der Waals surface area contributed by atoms with E-state index < -0.39 is 0 Å². The first-order valence-electron chi connectivity index (χ1n) is 9.84. The third-order valence-corrected chi connectivity index (χ3v) is 5.27. The Bertz CT molecular complexity index is 625. The quantitative estimate of drug-likeness (QED) is 0.753. The predicted molar refractivity (Wildman–Crippen MR) is 101 cm³/mol. The summed E-state index contributed by atoms with van der Waals surface area (Å²) in [6, 6.07) is 8.30. The number of carbonyl (C=O) groups excluding carboxylic acids is 2. The monoisotopic (exact) mass is 358 g/mol. The molecule has 1 aromatic carbocycles. The number of carbonyl (C=O) groups is 2. The van der Waals surface area contributed by atoms with E-state index in [1.807, 2.05) is 15.9 Å². The van der Waals surface area contributed by atoms with Crippen LogP contribution in [0.4, 0.5) is 0 Å². The van der Waals surface area contributed by atoms with Crippen molar-refractivity contribution in [3.63, 3.8) is 0 Å². The summed E-state index contributed by atoms with van der Waals surface area (Å²) < 4.78 is 5.75. The van der Waals surface area contributed by atoms with Crippen molar-refractivity contribution in [1.29, 1.82) is 0 Å². The van der Waals surface area contributed by atoms with Crippen molar-refractivity contribution in [3.8, 4) is 0 Å². The van der Waals surface area contributed by atoms with E-state index in [1.165, 1.54) is 5.56 Å². The number of likely N-dealkylation sites (tertiary alicyclic amines) is 1. The Kier molecular flexibility index (Phi) is 6.67. The largest absolute Gasteiger partial charge is 0.376 e. The van der Waals surface area contributed by atoms with Gasteiger partial charge in [-0.15, -0.1) is 0 Å². The molecule has 0 aromatic heterocycles. The van der Waals surface area contributed by atoms with Crippen molar-refractivity contribution in [2.75, 3.05) is 26.2 Å². The molecule has 2 saturated heterocycles. The molecule has 0 radical (unpaired) electrons. The van der Waals surface area contributed by atoms with Gasteiger partial charge in [-0.25, -0.2) is 0 Å². The minimum atomic E-state index is 0.111. The van der Waals surface area contributed by atoms with Gasteiger partial charge in [0.05, 0.1) is 6.10 Å². The van der Waals surface area contributed by atoms with Crippen LogP contribution >= 0.6 is 0 Å². The Hall–Kier alpha value is -1.88. The van der Waals surface area contributed by atoms with Gasteiger partial charge in [-0.05, 0) is 38.2 Å². The smallest absolute Gasteiger partial charge is 0.224 e. The third kappa shape index (κ3) is 5.31. The molecule has 26 heavy (non-hydrogen) atoms. The van der Waals surface area contributed by atoms with Gasteiger partial charge in [0.15, 0.2) is 0 Å². The van der Waals surface area contributed by atoms with Gasteiger partial charge in [0, 0.05) is 45.6 Å².